The lowest BCUT2D eigenvalue weighted by Gasteiger charge is -2.06. The largest absolute Gasteiger partial charge is 0.461 e. The number of Topliss-reactive ketones (excluding diaryl/α,β-unsaturated/α-hetero) is 1. The van der Waals surface area contributed by atoms with Gasteiger partial charge < -0.3 is 9.72 Å². The van der Waals surface area contributed by atoms with E-state index in [1.165, 1.54) is 6.92 Å². The SMILES string of the molecule is CCOC(=O)c1[nH]c(C)c(C(C)=O)c1-c1ccc(Cl)cc1. The summed E-state index contributed by atoms with van der Waals surface area (Å²) in [5.74, 6) is -0.581. The van der Waals surface area contributed by atoms with Gasteiger partial charge in [-0.3, -0.25) is 4.79 Å². The first kappa shape index (κ1) is 15.3. The number of esters is 1. The van der Waals surface area contributed by atoms with E-state index in [1.807, 2.05) is 0 Å². The fourth-order valence-electron chi connectivity index (χ4n) is 2.33. The first-order valence-electron chi connectivity index (χ1n) is 6.62. The van der Waals surface area contributed by atoms with Crippen molar-refractivity contribution < 1.29 is 14.3 Å². The molecule has 110 valence electrons. The molecule has 0 fully saturated rings. The Bertz CT molecular complexity index is 686. The Morgan fingerprint density at radius 3 is 2.38 bits per heavy atom. The topological polar surface area (TPSA) is 59.2 Å². The molecule has 0 amide bonds. The van der Waals surface area contributed by atoms with Crippen LogP contribution in [-0.4, -0.2) is 23.3 Å². The molecule has 0 unspecified atom stereocenters. The molecule has 0 saturated heterocycles. The normalized spacial score (nSPS) is 10.5. The van der Waals surface area contributed by atoms with E-state index in [0.29, 0.717) is 27.5 Å². The summed E-state index contributed by atoms with van der Waals surface area (Å²) in [4.78, 5) is 27.0. The highest BCUT2D eigenvalue weighted by molar-refractivity contribution is 6.30. The lowest BCUT2D eigenvalue weighted by molar-refractivity contribution is 0.0521. The summed E-state index contributed by atoms with van der Waals surface area (Å²) in [6, 6.07) is 7.00. The van der Waals surface area contributed by atoms with E-state index in [0.717, 1.165) is 5.56 Å². The molecular weight excluding hydrogens is 290 g/mol. The smallest absolute Gasteiger partial charge is 0.355 e. The van der Waals surface area contributed by atoms with Crippen LogP contribution in [0.15, 0.2) is 24.3 Å². The highest BCUT2D eigenvalue weighted by Gasteiger charge is 2.24. The number of benzene rings is 1. The minimum Gasteiger partial charge on any atom is -0.461 e. The van der Waals surface area contributed by atoms with E-state index in [9.17, 15) is 9.59 Å². The van der Waals surface area contributed by atoms with Gasteiger partial charge >= 0.3 is 5.97 Å². The number of aromatic nitrogens is 1. The molecule has 1 heterocycles. The van der Waals surface area contributed by atoms with Gasteiger partial charge in [-0.05, 0) is 38.5 Å². The lowest BCUT2D eigenvalue weighted by Crippen LogP contribution is -2.07. The number of hydrogen-bond donors (Lipinski definition) is 1. The number of aromatic amines is 1. The number of carbonyl (C=O) groups is 2. The van der Waals surface area contributed by atoms with Crippen molar-refractivity contribution in [3.8, 4) is 11.1 Å². The van der Waals surface area contributed by atoms with Gasteiger partial charge in [0.15, 0.2) is 5.78 Å². The summed E-state index contributed by atoms with van der Waals surface area (Å²) in [7, 11) is 0. The van der Waals surface area contributed by atoms with Gasteiger partial charge in [0.1, 0.15) is 5.69 Å². The van der Waals surface area contributed by atoms with Gasteiger partial charge in [0.25, 0.3) is 0 Å². The number of halogens is 1. The second kappa shape index (κ2) is 6.14. The van der Waals surface area contributed by atoms with E-state index in [4.69, 9.17) is 16.3 Å². The van der Waals surface area contributed by atoms with Gasteiger partial charge in [-0.25, -0.2) is 4.79 Å². The molecule has 0 radical (unpaired) electrons. The van der Waals surface area contributed by atoms with Crippen molar-refractivity contribution in [2.24, 2.45) is 0 Å². The van der Waals surface area contributed by atoms with Gasteiger partial charge in [0.05, 0.1) is 6.61 Å². The van der Waals surface area contributed by atoms with Crippen molar-refractivity contribution in [2.45, 2.75) is 20.8 Å². The number of ketones is 1. The summed E-state index contributed by atoms with van der Waals surface area (Å²) in [5, 5.41) is 0.591. The van der Waals surface area contributed by atoms with E-state index < -0.39 is 5.97 Å². The van der Waals surface area contributed by atoms with Crippen LogP contribution in [0.3, 0.4) is 0 Å². The lowest BCUT2D eigenvalue weighted by atomic mass is 9.98. The molecule has 1 aromatic heterocycles. The van der Waals surface area contributed by atoms with Gasteiger partial charge in [-0.1, -0.05) is 23.7 Å². The molecule has 0 saturated carbocycles. The third kappa shape index (κ3) is 3.00. The van der Waals surface area contributed by atoms with Gasteiger partial charge in [0.2, 0.25) is 0 Å². The van der Waals surface area contributed by atoms with E-state index in [2.05, 4.69) is 4.98 Å². The Hall–Kier alpha value is -2.07. The highest BCUT2D eigenvalue weighted by atomic mass is 35.5. The molecular formula is C16H16ClNO3. The summed E-state index contributed by atoms with van der Waals surface area (Å²) >= 11 is 5.89. The first-order valence-corrected chi connectivity index (χ1v) is 7.00. The third-order valence-corrected chi connectivity index (χ3v) is 3.40. The maximum absolute atomic E-state index is 12.1. The number of aryl methyl sites for hydroxylation is 1. The Morgan fingerprint density at radius 2 is 1.86 bits per heavy atom. The van der Waals surface area contributed by atoms with Crippen LogP contribution in [0.4, 0.5) is 0 Å². The Balaban J connectivity index is 2.67. The van der Waals surface area contributed by atoms with Gasteiger partial charge in [-0.15, -0.1) is 0 Å². The molecule has 2 aromatic rings. The summed E-state index contributed by atoms with van der Waals surface area (Å²) in [6.45, 7) is 5.25. The maximum atomic E-state index is 12.1. The molecule has 0 atom stereocenters. The molecule has 1 N–H and O–H groups in total. The maximum Gasteiger partial charge on any atom is 0.355 e. The zero-order valence-corrected chi connectivity index (χ0v) is 12.9. The van der Waals surface area contributed by atoms with Crippen LogP contribution in [0, 0.1) is 6.92 Å². The minimum absolute atomic E-state index is 0.107. The van der Waals surface area contributed by atoms with Gasteiger partial charge in [0, 0.05) is 21.8 Å². The minimum atomic E-state index is -0.474. The predicted molar refractivity (Wildman–Crippen MR) is 81.9 cm³/mol. The Kier molecular flexibility index (Phi) is 4.48. The standard InChI is InChI=1S/C16H16ClNO3/c1-4-21-16(20)15-14(11-5-7-12(17)8-6-11)13(10(3)19)9(2)18-15/h5-8,18H,4H2,1-3H3. The summed E-state index contributed by atoms with van der Waals surface area (Å²) in [6.07, 6.45) is 0. The summed E-state index contributed by atoms with van der Waals surface area (Å²) in [5.41, 5.74) is 2.75. The van der Waals surface area contributed by atoms with Crippen molar-refractivity contribution in [1.29, 1.82) is 0 Å². The molecule has 2 rings (SSSR count). The number of hydrogen-bond acceptors (Lipinski definition) is 3. The van der Waals surface area contributed by atoms with E-state index in [1.54, 1.807) is 38.1 Å². The molecule has 5 heteroatoms. The molecule has 1 aromatic carbocycles. The first-order chi connectivity index (χ1) is 9.95. The van der Waals surface area contributed by atoms with E-state index in [-0.39, 0.29) is 12.4 Å². The molecule has 4 nitrogen and oxygen atoms in total. The zero-order chi connectivity index (χ0) is 15.6. The average molecular weight is 306 g/mol. The number of carbonyl (C=O) groups excluding carboxylic acids is 2. The van der Waals surface area contributed by atoms with Crippen molar-refractivity contribution in [2.75, 3.05) is 6.61 Å². The van der Waals surface area contributed by atoms with E-state index >= 15 is 0 Å². The van der Waals surface area contributed by atoms with Crippen LogP contribution in [-0.2, 0) is 4.74 Å². The van der Waals surface area contributed by atoms with Crippen LogP contribution in [0.1, 0.15) is 40.4 Å². The third-order valence-electron chi connectivity index (χ3n) is 3.15. The molecule has 0 aliphatic carbocycles. The predicted octanol–water partition coefficient (Wildman–Crippen LogP) is 4.02. The quantitative estimate of drug-likeness (QED) is 0.685. The van der Waals surface area contributed by atoms with Crippen LogP contribution in [0.5, 0.6) is 0 Å². The second-order valence-corrected chi connectivity index (χ2v) is 5.09. The molecule has 0 bridgehead atoms. The van der Waals surface area contributed by atoms with Crippen molar-refractivity contribution in [3.05, 3.63) is 46.2 Å². The zero-order valence-electron chi connectivity index (χ0n) is 12.1. The fraction of sp³-hybridized carbons (Fsp3) is 0.250. The Labute approximate surface area is 128 Å². The Morgan fingerprint density at radius 1 is 1.24 bits per heavy atom. The second-order valence-electron chi connectivity index (χ2n) is 4.66. The van der Waals surface area contributed by atoms with Crippen molar-refractivity contribution in [1.82, 2.24) is 4.98 Å². The van der Waals surface area contributed by atoms with Crippen LogP contribution in [0.2, 0.25) is 5.02 Å². The number of H-pyrrole nitrogens is 1. The van der Waals surface area contributed by atoms with Crippen LogP contribution < -0.4 is 0 Å². The van der Waals surface area contributed by atoms with Crippen molar-refractivity contribution in [3.63, 3.8) is 0 Å². The van der Waals surface area contributed by atoms with Crippen molar-refractivity contribution >= 4 is 23.4 Å². The average Bonchev–Trinajstić information content (AvgIpc) is 2.77. The monoisotopic (exact) mass is 305 g/mol. The van der Waals surface area contributed by atoms with Crippen LogP contribution >= 0.6 is 11.6 Å². The fourth-order valence-corrected chi connectivity index (χ4v) is 2.45. The molecule has 0 aliphatic rings. The number of nitrogens with one attached hydrogen (secondary N) is 1. The summed E-state index contributed by atoms with van der Waals surface area (Å²) < 4.78 is 5.05. The van der Waals surface area contributed by atoms with Gasteiger partial charge in [-0.2, -0.15) is 0 Å². The molecule has 0 aliphatic heterocycles. The molecule has 0 spiro atoms. The number of rotatable bonds is 4. The number of ether oxygens (including phenoxy) is 1. The van der Waals surface area contributed by atoms with Crippen LogP contribution in [0.25, 0.3) is 11.1 Å². The highest BCUT2D eigenvalue weighted by Crippen LogP contribution is 2.32. The molecule has 21 heavy (non-hydrogen) atoms.